The quantitative estimate of drug-likeness (QED) is 0.669. The minimum Gasteiger partial charge on any atom is -0.454 e. The number of benzene rings is 2. The van der Waals surface area contributed by atoms with Crippen LogP contribution in [0.15, 0.2) is 48.8 Å². The van der Waals surface area contributed by atoms with Crippen molar-refractivity contribution in [1.82, 2.24) is 20.2 Å². The maximum absolute atomic E-state index is 11.9. The molecule has 0 spiro atoms. The van der Waals surface area contributed by atoms with Crippen molar-refractivity contribution >= 4 is 17.1 Å². The van der Waals surface area contributed by atoms with Crippen molar-refractivity contribution in [3.05, 3.63) is 54.4 Å². The number of aryl methyl sites for hydroxylation is 1. The number of fused-ring (bicyclic) bond motifs is 2. The molecule has 0 saturated carbocycles. The van der Waals surface area contributed by atoms with Gasteiger partial charge in [-0.1, -0.05) is 18.2 Å². The standard InChI is InChI=1S/C19H20N4O3/c24-19(21-11-14-6-7-17-18(10-14)26-13-25-17)20-8-3-9-23-12-22-15-4-1-2-5-16(15)23/h1-2,4-7,10,12H,3,8-9,11,13H2,(H2,20,21,24). The lowest BCUT2D eigenvalue weighted by Crippen LogP contribution is -2.35. The van der Waals surface area contributed by atoms with Crippen LogP contribution in [0.1, 0.15) is 12.0 Å². The van der Waals surface area contributed by atoms with Crippen LogP contribution in [-0.2, 0) is 13.1 Å². The summed E-state index contributed by atoms with van der Waals surface area (Å²) in [6.45, 7) is 2.09. The molecule has 26 heavy (non-hydrogen) atoms. The Morgan fingerprint density at radius 2 is 2.00 bits per heavy atom. The number of rotatable bonds is 6. The lowest BCUT2D eigenvalue weighted by Gasteiger charge is -2.09. The Morgan fingerprint density at radius 1 is 1.12 bits per heavy atom. The molecule has 2 aromatic carbocycles. The van der Waals surface area contributed by atoms with E-state index in [1.54, 1.807) is 0 Å². The normalized spacial score (nSPS) is 12.3. The number of carbonyl (C=O) groups excluding carboxylic acids is 1. The van der Waals surface area contributed by atoms with Gasteiger partial charge in [0.2, 0.25) is 6.79 Å². The lowest BCUT2D eigenvalue weighted by molar-refractivity contribution is 0.174. The van der Waals surface area contributed by atoms with E-state index in [9.17, 15) is 4.79 Å². The Balaban J connectivity index is 1.20. The Hall–Kier alpha value is -3.22. The number of imidazole rings is 1. The third-order valence-corrected chi connectivity index (χ3v) is 4.28. The SMILES string of the molecule is O=C(NCCCn1cnc2ccccc21)NCc1ccc2c(c1)OCO2. The summed E-state index contributed by atoms with van der Waals surface area (Å²) in [5, 5.41) is 5.72. The zero-order chi connectivity index (χ0) is 17.8. The van der Waals surface area contributed by atoms with E-state index in [0.717, 1.165) is 41.1 Å². The van der Waals surface area contributed by atoms with E-state index in [1.807, 2.05) is 48.8 Å². The molecule has 3 aromatic rings. The van der Waals surface area contributed by atoms with E-state index < -0.39 is 0 Å². The molecule has 0 unspecified atom stereocenters. The fraction of sp³-hybridized carbons (Fsp3) is 0.263. The second-order valence-corrected chi connectivity index (χ2v) is 6.08. The van der Waals surface area contributed by atoms with Gasteiger partial charge in [-0.2, -0.15) is 0 Å². The Labute approximate surface area is 150 Å². The maximum Gasteiger partial charge on any atom is 0.315 e. The molecule has 0 aliphatic carbocycles. The first kappa shape index (κ1) is 16.3. The number of para-hydroxylation sites is 2. The van der Waals surface area contributed by atoms with Crippen LogP contribution in [0.2, 0.25) is 0 Å². The molecule has 0 fully saturated rings. The molecule has 7 nitrogen and oxygen atoms in total. The number of nitrogens with zero attached hydrogens (tertiary/aromatic N) is 2. The maximum atomic E-state index is 11.9. The van der Waals surface area contributed by atoms with E-state index in [0.29, 0.717) is 13.1 Å². The van der Waals surface area contributed by atoms with Gasteiger partial charge in [-0.05, 0) is 36.2 Å². The van der Waals surface area contributed by atoms with Gasteiger partial charge in [0.1, 0.15) is 0 Å². The van der Waals surface area contributed by atoms with Crippen molar-refractivity contribution in [2.45, 2.75) is 19.5 Å². The topological polar surface area (TPSA) is 77.4 Å². The molecule has 1 aliphatic heterocycles. The van der Waals surface area contributed by atoms with E-state index >= 15 is 0 Å². The van der Waals surface area contributed by atoms with Crippen LogP contribution >= 0.6 is 0 Å². The Morgan fingerprint density at radius 3 is 2.96 bits per heavy atom. The van der Waals surface area contributed by atoms with Crippen LogP contribution in [0.25, 0.3) is 11.0 Å². The van der Waals surface area contributed by atoms with E-state index in [1.165, 1.54) is 0 Å². The molecule has 0 radical (unpaired) electrons. The average molecular weight is 352 g/mol. The largest absolute Gasteiger partial charge is 0.454 e. The van der Waals surface area contributed by atoms with Crippen LogP contribution in [0.4, 0.5) is 4.79 Å². The monoisotopic (exact) mass is 352 g/mol. The third kappa shape index (κ3) is 3.56. The summed E-state index contributed by atoms with van der Waals surface area (Å²) in [5.74, 6) is 1.46. The minimum atomic E-state index is -0.182. The van der Waals surface area contributed by atoms with Gasteiger partial charge >= 0.3 is 6.03 Å². The molecule has 134 valence electrons. The van der Waals surface area contributed by atoms with Crippen LogP contribution in [0, 0.1) is 0 Å². The number of hydrogen-bond donors (Lipinski definition) is 2. The summed E-state index contributed by atoms with van der Waals surface area (Å²) < 4.78 is 12.7. The van der Waals surface area contributed by atoms with Gasteiger partial charge in [0.05, 0.1) is 17.4 Å². The van der Waals surface area contributed by atoms with Crippen LogP contribution in [0.3, 0.4) is 0 Å². The van der Waals surface area contributed by atoms with Crippen molar-refractivity contribution in [2.24, 2.45) is 0 Å². The molecule has 7 heteroatoms. The first-order valence-electron chi connectivity index (χ1n) is 8.60. The average Bonchev–Trinajstić information content (AvgIpc) is 3.30. The lowest BCUT2D eigenvalue weighted by atomic mass is 10.2. The van der Waals surface area contributed by atoms with Gasteiger partial charge in [-0.3, -0.25) is 0 Å². The predicted octanol–water partition coefficient (Wildman–Crippen LogP) is 2.65. The number of hydrogen-bond acceptors (Lipinski definition) is 4. The number of aromatic nitrogens is 2. The zero-order valence-electron chi connectivity index (χ0n) is 14.3. The van der Waals surface area contributed by atoms with E-state index in [4.69, 9.17) is 9.47 Å². The molecule has 2 amide bonds. The molecule has 4 rings (SSSR count). The second kappa shape index (κ2) is 7.35. The van der Waals surface area contributed by atoms with Crippen molar-refractivity contribution in [3.63, 3.8) is 0 Å². The molecule has 0 saturated heterocycles. The highest BCUT2D eigenvalue weighted by molar-refractivity contribution is 5.75. The van der Waals surface area contributed by atoms with E-state index in [-0.39, 0.29) is 12.8 Å². The second-order valence-electron chi connectivity index (χ2n) is 6.08. The Kier molecular flexibility index (Phi) is 4.59. The number of amides is 2. The summed E-state index contributed by atoms with van der Waals surface area (Å²) in [4.78, 5) is 16.3. The number of ether oxygens (including phenoxy) is 2. The van der Waals surface area contributed by atoms with Gasteiger partial charge in [0.25, 0.3) is 0 Å². The van der Waals surface area contributed by atoms with Gasteiger partial charge in [-0.25, -0.2) is 9.78 Å². The van der Waals surface area contributed by atoms with Crippen LogP contribution < -0.4 is 20.1 Å². The molecule has 1 aliphatic rings. The van der Waals surface area contributed by atoms with Crippen LogP contribution in [-0.4, -0.2) is 28.9 Å². The summed E-state index contributed by atoms with van der Waals surface area (Å²) in [7, 11) is 0. The Bertz CT molecular complexity index is 922. The van der Waals surface area contributed by atoms with E-state index in [2.05, 4.69) is 20.2 Å². The van der Waals surface area contributed by atoms with Gasteiger partial charge in [0.15, 0.2) is 11.5 Å². The highest BCUT2D eigenvalue weighted by atomic mass is 16.7. The van der Waals surface area contributed by atoms with Gasteiger partial charge in [-0.15, -0.1) is 0 Å². The summed E-state index contributed by atoms with van der Waals surface area (Å²) >= 11 is 0. The summed E-state index contributed by atoms with van der Waals surface area (Å²) in [5.41, 5.74) is 3.07. The van der Waals surface area contributed by atoms with Gasteiger partial charge < -0.3 is 24.7 Å². The smallest absolute Gasteiger partial charge is 0.315 e. The first-order valence-corrected chi connectivity index (χ1v) is 8.60. The third-order valence-electron chi connectivity index (χ3n) is 4.28. The first-order chi connectivity index (χ1) is 12.8. The molecular formula is C19H20N4O3. The number of urea groups is 1. The highest BCUT2D eigenvalue weighted by Crippen LogP contribution is 2.32. The fourth-order valence-electron chi connectivity index (χ4n) is 2.94. The van der Waals surface area contributed by atoms with Crippen LogP contribution in [0.5, 0.6) is 11.5 Å². The molecule has 0 atom stereocenters. The fourth-order valence-corrected chi connectivity index (χ4v) is 2.94. The van der Waals surface area contributed by atoms with Crippen molar-refractivity contribution < 1.29 is 14.3 Å². The molecule has 0 bridgehead atoms. The van der Waals surface area contributed by atoms with Crippen molar-refractivity contribution in [2.75, 3.05) is 13.3 Å². The van der Waals surface area contributed by atoms with Crippen molar-refractivity contribution in [3.8, 4) is 11.5 Å². The van der Waals surface area contributed by atoms with Gasteiger partial charge in [0, 0.05) is 19.6 Å². The predicted molar refractivity (Wildman–Crippen MR) is 97.2 cm³/mol. The van der Waals surface area contributed by atoms with Crippen molar-refractivity contribution in [1.29, 1.82) is 0 Å². The summed E-state index contributed by atoms with van der Waals surface area (Å²) in [6.07, 6.45) is 2.67. The molecule has 2 heterocycles. The molecule has 1 aromatic heterocycles. The number of carbonyl (C=O) groups is 1. The zero-order valence-corrected chi connectivity index (χ0v) is 14.3. The minimum absolute atomic E-state index is 0.182. The molecule has 2 N–H and O–H groups in total. The molecular weight excluding hydrogens is 332 g/mol. The summed E-state index contributed by atoms with van der Waals surface area (Å²) in [6, 6.07) is 13.5. The highest BCUT2D eigenvalue weighted by Gasteiger charge is 2.13. The number of nitrogens with one attached hydrogen (secondary N) is 2.